The zero-order valence-electron chi connectivity index (χ0n) is 12.4. The average molecular weight is 282 g/mol. The van der Waals surface area contributed by atoms with Gasteiger partial charge in [0.1, 0.15) is 4.75 Å². The predicted octanol–water partition coefficient (Wildman–Crippen LogP) is 3.59. The SMILES string of the molecule is CC(C)C1(C)SC(=NCCC2CCCCC2)NC1=O. The second kappa shape index (κ2) is 6.29. The highest BCUT2D eigenvalue weighted by Crippen LogP contribution is 2.38. The fourth-order valence-corrected chi connectivity index (χ4v) is 3.85. The molecule has 1 amide bonds. The van der Waals surface area contributed by atoms with E-state index in [9.17, 15) is 4.79 Å². The van der Waals surface area contributed by atoms with Crippen LogP contribution in [0.3, 0.4) is 0 Å². The van der Waals surface area contributed by atoms with Crippen molar-refractivity contribution in [1.82, 2.24) is 5.32 Å². The molecule has 0 aromatic carbocycles. The van der Waals surface area contributed by atoms with Crippen LogP contribution in [-0.2, 0) is 4.79 Å². The summed E-state index contributed by atoms with van der Waals surface area (Å²) in [4.78, 5) is 16.6. The zero-order chi connectivity index (χ0) is 13.9. The molecule has 0 radical (unpaired) electrons. The number of nitrogens with one attached hydrogen (secondary N) is 1. The van der Waals surface area contributed by atoms with Crippen LogP contribution in [0.4, 0.5) is 0 Å². The van der Waals surface area contributed by atoms with Crippen LogP contribution in [0, 0.1) is 11.8 Å². The van der Waals surface area contributed by atoms with E-state index in [1.165, 1.54) is 38.5 Å². The number of aliphatic imine (C=N–C) groups is 1. The first-order valence-electron chi connectivity index (χ1n) is 7.57. The van der Waals surface area contributed by atoms with Crippen LogP contribution in [0.25, 0.3) is 0 Å². The van der Waals surface area contributed by atoms with E-state index >= 15 is 0 Å². The van der Waals surface area contributed by atoms with Gasteiger partial charge in [-0.1, -0.05) is 57.7 Å². The van der Waals surface area contributed by atoms with Gasteiger partial charge in [0, 0.05) is 6.54 Å². The Bertz CT molecular complexity index is 361. The van der Waals surface area contributed by atoms with Crippen LogP contribution in [0.2, 0.25) is 0 Å². The van der Waals surface area contributed by atoms with Crippen molar-refractivity contribution in [3.8, 4) is 0 Å². The molecule has 108 valence electrons. The summed E-state index contributed by atoms with van der Waals surface area (Å²) >= 11 is 1.61. The Balaban J connectivity index is 1.82. The lowest BCUT2D eigenvalue weighted by atomic mass is 9.87. The molecular formula is C15H26N2OS. The van der Waals surface area contributed by atoms with E-state index in [4.69, 9.17) is 0 Å². The number of carbonyl (C=O) groups excluding carboxylic acids is 1. The number of amides is 1. The van der Waals surface area contributed by atoms with E-state index in [0.717, 1.165) is 17.6 Å². The summed E-state index contributed by atoms with van der Waals surface area (Å²) in [6, 6.07) is 0. The maximum atomic E-state index is 12.0. The van der Waals surface area contributed by atoms with Crippen LogP contribution >= 0.6 is 11.8 Å². The Labute approximate surface area is 121 Å². The molecule has 2 fully saturated rings. The molecule has 1 heterocycles. The second-order valence-electron chi connectivity index (χ2n) is 6.30. The van der Waals surface area contributed by atoms with Crippen molar-refractivity contribution in [2.45, 2.75) is 64.0 Å². The van der Waals surface area contributed by atoms with Gasteiger partial charge in [-0.25, -0.2) is 0 Å². The van der Waals surface area contributed by atoms with Gasteiger partial charge in [-0.3, -0.25) is 9.79 Å². The maximum absolute atomic E-state index is 12.0. The first-order valence-corrected chi connectivity index (χ1v) is 8.39. The summed E-state index contributed by atoms with van der Waals surface area (Å²) in [5, 5.41) is 3.77. The average Bonchev–Trinajstić information content (AvgIpc) is 2.67. The molecule has 3 nitrogen and oxygen atoms in total. The largest absolute Gasteiger partial charge is 0.304 e. The monoisotopic (exact) mass is 282 g/mol. The number of thioether (sulfide) groups is 1. The van der Waals surface area contributed by atoms with Gasteiger partial charge in [0.05, 0.1) is 0 Å². The van der Waals surface area contributed by atoms with Gasteiger partial charge in [-0.15, -0.1) is 0 Å². The van der Waals surface area contributed by atoms with Crippen molar-refractivity contribution in [2.24, 2.45) is 16.8 Å². The highest BCUT2D eigenvalue weighted by atomic mass is 32.2. The van der Waals surface area contributed by atoms with Gasteiger partial charge >= 0.3 is 0 Å². The van der Waals surface area contributed by atoms with Crippen LogP contribution in [-0.4, -0.2) is 22.4 Å². The molecule has 0 bridgehead atoms. The molecular weight excluding hydrogens is 256 g/mol. The highest BCUT2D eigenvalue weighted by Gasteiger charge is 2.44. The van der Waals surface area contributed by atoms with Crippen molar-refractivity contribution < 1.29 is 4.79 Å². The molecule has 1 aliphatic carbocycles. The molecule has 4 heteroatoms. The number of rotatable bonds is 4. The van der Waals surface area contributed by atoms with Gasteiger partial charge in [0.2, 0.25) is 5.91 Å². The summed E-state index contributed by atoms with van der Waals surface area (Å²) in [5.74, 6) is 1.30. The molecule has 2 rings (SSSR count). The van der Waals surface area contributed by atoms with Crippen molar-refractivity contribution in [1.29, 1.82) is 0 Å². The predicted molar refractivity (Wildman–Crippen MR) is 82.5 cm³/mol. The van der Waals surface area contributed by atoms with Crippen molar-refractivity contribution in [3.63, 3.8) is 0 Å². The summed E-state index contributed by atoms with van der Waals surface area (Å²) in [5.41, 5.74) is 0. The number of hydrogen-bond acceptors (Lipinski definition) is 3. The van der Waals surface area contributed by atoms with Crippen molar-refractivity contribution in [3.05, 3.63) is 0 Å². The van der Waals surface area contributed by atoms with Crippen molar-refractivity contribution in [2.75, 3.05) is 6.54 Å². The standard InChI is InChI=1S/C15H26N2OS/c1-11(2)15(3)13(18)17-14(19-15)16-10-9-12-7-5-4-6-8-12/h11-12H,4-10H2,1-3H3,(H,16,17,18). The first kappa shape index (κ1) is 14.9. The van der Waals surface area contributed by atoms with Gasteiger partial charge in [0.25, 0.3) is 0 Å². The van der Waals surface area contributed by atoms with E-state index in [0.29, 0.717) is 5.92 Å². The van der Waals surface area contributed by atoms with E-state index in [-0.39, 0.29) is 10.7 Å². The minimum atomic E-state index is -0.344. The Morgan fingerprint density at radius 1 is 1.37 bits per heavy atom. The number of hydrogen-bond donors (Lipinski definition) is 1. The second-order valence-corrected chi connectivity index (χ2v) is 7.74. The topological polar surface area (TPSA) is 41.5 Å². The van der Waals surface area contributed by atoms with Gasteiger partial charge < -0.3 is 5.32 Å². The highest BCUT2D eigenvalue weighted by molar-refractivity contribution is 8.16. The Kier molecular flexibility index (Phi) is 4.93. The normalized spacial score (nSPS) is 31.2. The van der Waals surface area contributed by atoms with Crippen LogP contribution in [0.1, 0.15) is 59.3 Å². The van der Waals surface area contributed by atoms with E-state index in [2.05, 4.69) is 24.2 Å². The minimum absolute atomic E-state index is 0.115. The molecule has 1 saturated carbocycles. The number of amidine groups is 1. The zero-order valence-corrected chi connectivity index (χ0v) is 13.2. The molecule has 1 saturated heterocycles. The lowest BCUT2D eigenvalue weighted by Gasteiger charge is -2.22. The molecule has 0 aromatic heterocycles. The number of carbonyl (C=O) groups is 1. The molecule has 1 aliphatic heterocycles. The van der Waals surface area contributed by atoms with Gasteiger partial charge in [-0.2, -0.15) is 0 Å². The molecule has 19 heavy (non-hydrogen) atoms. The molecule has 1 N–H and O–H groups in total. The first-order chi connectivity index (χ1) is 9.02. The minimum Gasteiger partial charge on any atom is -0.304 e. The van der Waals surface area contributed by atoms with E-state index < -0.39 is 0 Å². The molecule has 1 atom stereocenters. The smallest absolute Gasteiger partial charge is 0.242 e. The van der Waals surface area contributed by atoms with Crippen LogP contribution in [0.5, 0.6) is 0 Å². The van der Waals surface area contributed by atoms with Crippen LogP contribution < -0.4 is 5.32 Å². The lowest BCUT2D eigenvalue weighted by molar-refractivity contribution is -0.122. The van der Waals surface area contributed by atoms with Gasteiger partial charge in [-0.05, 0) is 25.2 Å². The molecule has 0 spiro atoms. The summed E-state index contributed by atoms with van der Waals surface area (Å²) in [6.07, 6.45) is 8.10. The molecule has 1 unspecified atom stereocenters. The van der Waals surface area contributed by atoms with E-state index in [1.807, 2.05) is 6.92 Å². The van der Waals surface area contributed by atoms with Gasteiger partial charge in [0.15, 0.2) is 5.17 Å². The van der Waals surface area contributed by atoms with Crippen molar-refractivity contribution >= 4 is 22.8 Å². The summed E-state index contributed by atoms with van der Waals surface area (Å²) in [7, 11) is 0. The fraction of sp³-hybridized carbons (Fsp3) is 0.867. The van der Waals surface area contributed by atoms with Crippen LogP contribution in [0.15, 0.2) is 4.99 Å². The summed E-state index contributed by atoms with van der Waals surface area (Å²) in [6.45, 7) is 7.07. The Hall–Kier alpha value is -0.510. The Morgan fingerprint density at radius 2 is 2.05 bits per heavy atom. The molecule has 2 aliphatic rings. The fourth-order valence-electron chi connectivity index (χ4n) is 2.77. The van der Waals surface area contributed by atoms with E-state index in [1.54, 1.807) is 11.8 Å². The quantitative estimate of drug-likeness (QED) is 0.856. The third-order valence-electron chi connectivity index (χ3n) is 4.60. The lowest BCUT2D eigenvalue weighted by Crippen LogP contribution is -2.38. The Morgan fingerprint density at radius 3 is 2.63 bits per heavy atom. The third-order valence-corrected chi connectivity index (χ3v) is 6.10. The maximum Gasteiger partial charge on any atom is 0.242 e. The number of nitrogens with zero attached hydrogens (tertiary/aromatic N) is 1. The third kappa shape index (κ3) is 3.53. The summed E-state index contributed by atoms with van der Waals surface area (Å²) < 4.78 is -0.344. The molecule has 0 aromatic rings.